The molecule has 110 valence electrons. The average molecular weight is 282 g/mol. The highest BCUT2D eigenvalue weighted by Crippen LogP contribution is 2.39. The van der Waals surface area contributed by atoms with Crippen LogP contribution in [0.15, 0.2) is 30.5 Å². The fourth-order valence-electron chi connectivity index (χ4n) is 2.84. The van der Waals surface area contributed by atoms with E-state index < -0.39 is 0 Å². The Labute approximate surface area is 126 Å². The zero-order valence-corrected chi connectivity index (χ0v) is 12.7. The van der Waals surface area contributed by atoms with Crippen LogP contribution in [0, 0.1) is 5.92 Å². The lowest BCUT2D eigenvalue weighted by Gasteiger charge is -2.09. The van der Waals surface area contributed by atoms with E-state index in [-0.39, 0.29) is 0 Å². The third-order valence-electron chi connectivity index (χ3n) is 4.37. The Morgan fingerprint density at radius 1 is 1.33 bits per heavy atom. The number of nitrogens with zero attached hydrogens (tertiary/aromatic N) is 2. The fourth-order valence-corrected chi connectivity index (χ4v) is 2.84. The zero-order chi connectivity index (χ0) is 14.8. The first kappa shape index (κ1) is 14.1. The third-order valence-corrected chi connectivity index (χ3v) is 4.37. The smallest absolute Gasteiger partial charge is 0.153 e. The van der Waals surface area contributed by atoms with Crippen LogP contribution in [0.4, 0.5) is 0 Å². The van der Waals surface area contributed by atoms with E-state index in [1.165, 1.54) is 18.4 Å². The first-order chi connectivity index (χ1) is 10.2. The first-order valence-corrected chi connectivity index (χ1v) is 7.86. The summed E-state index contributed by atoms with van der Waals surface area (Å²) in [6.07, 6.45) is 7.60. The quantitative estimate of drug-likeness (QED) is 0.741. The number of benzene rings is 1. The Morgan fingerprint density at radius 2 is 2.05 bits per heavy atom. The monoisotopic (exact) mass is 282 g/mol. The number of rotatable bonds is 6. The molecule has 1 aliphatic carbocycles. The Balaban J connectivity index is 1.90. The van der Waals surface area contributed by atoms with Crippen LogP contribution in [0.1, 0.15) is 55.1 Å². The summed E-state index contributed by atoms with van der Waals surface area (Å²) in [4.78, 5) is 11.3. The number of hydrogen-bond acceptors (Lipinski definition) is 2. The molecule has 3 nitrogen and oxygen atoms in total. The molecular formula is C18H22N2O. The van der Waals surface area contributed by atoms with E-state index in [0.29, 0.717) is 11.6 Å². The van der Waals surface area contributed by atoms with Crippen LogP contribution in [-0.2, 0) is 6.42 Å². The molecule has 0 saturated heterocycles. The molecule has 3 heteroatoms. The van der Waals surface area contributed by atoms with E-state index in [1.807, 2.05) is 10.9 Å². The summed E-state index contributed by atoms with van der Waals surface area (Å²) in [6, 6.07) is 8.81. The predicted octanol–water partition coefficient (Wildman–Crippen LogP) is 4.29. The number of aromatic nitrogens is 2. The molecule has 1 saturated carbocycles. The van der Waals surface area contributed by atoms with Crippen LogP contribution in [0.2, 0.25) is 0 Å². The maximum Gasteiger partial charge on any atom is 0.153 e. The Morgan fingerprint density at radius 3 is 2.62 bits per heavy atom. The van der Waals surface area contributed by atoms with E-state index >= 15 is 0 Å². The summed E-state index contributed by atoms with van der Waals surface area (Å²) in [5.41, 5.74) is 3.85. The van der Waals surface area contributed by atoms with E-state index in [0.717, 1.165) is 36.3 Å². The lowest BCUT2D eigenvalue weighted by molar-refractivity contribution is 0.112. The fraction of sp³-hybridized carbons (Fsp3) is 0.444. The molecule has 21 heavy (non-hydrogen) atoms. The molecule has 0 N–H and O–H groups in total. The highest BCUT2D eigenvalue weighted by atomic mass is 16.1. The minimum Gasteiger partial charge on any atom is -0.298 e. The molecule has 0 radical (unpaired) electrons. The van der Waals surface area contributed by atoms with E-state index in [1.54, 1.807) is 0 Å². The molecule has 0 aliphatic heterocycles. The van der Waals surface area contributed by atoms with Gasteiger partial charge in [-0.15, -0.1) is 0 Å². The second-order valence-corrected chi connectivity index (χ2v) is 6.06. The average Bonchev–Trinajstić information content (AvgIpc) is 3.27. The van der Waals surface area contributed by atoms with Gasteiger partial charge in [-0.2, -0.15) is 5.10 Å². The standard InChI is InChI=1S/C18H22N2O/c1-3-4-14-5-7-16(8-6-14)18-17(12-21)11-20(19-18)13(2)15-9-10-15/h5-8,11-13,15H,3-4,9-10H2,1-2H3. The molecule has 1 aromatic carbocycles. The van der Waals surface area contributed by atoms with Crippen LogP contribution >= 0.6 is 0 Å². The molecule has 1 aromatic heterocycles. The van der Waals surface area contributed by atoms with E-state index in [9.17, 15) is 4.79 Å². The van der Waals surface area contributed by atoms with Gasteiger partial charge in [0.2, 0.25) is 0 Å². The molecule has 1 unspecified atom stereocenters. The van der Waals surface area contributed by atoms with Gasteiger partial charge in [0.25, 0.3) is 0 Å². The van der Waals surface area contributed by atoms with Crippen molar-refractivity contribution < 1.29 is 4.79 Å². The summed E-state index contributed by atoms with van der Waals surface area (Å²) >= 11 is 0. The van der Waals surface area contributed by atoms with Gasteiger partial charge >= 0.3 is 0 Å². The Kier molecular flexibility index (Phi) is 3.91. The topological polar surface area (TPSA) is 34.9 Å². The molecule has 1 fully saturated rings. The van der Waals surface area contributed by atoms with Gasteiger partial charge in [-0.3, -0.25) is 9.48 Å². The minimum atomic E-state index is 0.386. The molecule has 0 spiro atoms. The second kappa shape index (κ2) is 5.84. The van der Waals surface area contributed by atoms with Gasteiger partial charge < -0.3 is 0 Å². The third kappa shape index (κ3) is 2.92. The van der Waals surface area contributed by atoms with Gasteiger partial charge in [0.15, 0.2) is 6.29 Å². The van der Waals surface area contributed by atoms with Gasteiger partial charge in [-0.05, 0) is 37.7 Å². The van der Waals surface area contributed by atoms with Crippen molar-refractivity contribution in [3.63, 3.8) is 0 Å². The summed E-state index contributed by atoms with van der Waals surface area (Å²) in [5, 5.41) is 4.67. The molecule has 2 aromatic rings. The van der Waals surface area contributed by atoms with E-state index in [4.69, 9.17) is 0 Å². The van der Waals surface area contributed by atoms with Gasteiger partial charge in [-0.25, -0.2) is 0 Å². The van der Waals surface area contributed by atoms with Crippen molar-refractivity contribution in [1.29, 1.82) is 0 Å². The SMILES string of the molecule is CCCc1ccc(-c2nn(C(C)C3CC3)cc2C=O)cc1. The second-order valence-electron chi connectivity index (χ2n) is 6.06. The highest BCUT2D eigenvalue weighted by molar-refractivity contribution is 5.85. The van der Waals surface area contributed by atoms with Crippen molar-refractivity contribution in [2.75, 3.05) is 0 Å². The molecular weight excluding hydrogens is 260 g/mol. The van der Waals surface area contributed by atoms with Crippen molar-refractivity contribution in [1.82, 2.24) is 9.78 Å². The molecule has 1 heterocycles. The van der Waals surface area contributed by atoms with Crippen LogP contribution < -0.4 is 0 Å². The molecule has 0 amide bonds. The van der Waals surface area contributed by atoms with Crippen LogP contribution in [0.25, 0.3) is 11.3 Å². The lowest BCUT2D eigenvalue weighted by atomic mass is 10.0. The minimum absolute atomic E-state index is 0.386. The number of carbonyl (C=O) groups excluding carboxylic acids is 1. The van der Waals surface area contributed by atoms with Crippen molar-refractivity contribution >= 4 is 6.29 Å². The van der Waals surface area contributed by atoms with Gasteiger partial charge in [0.05, 0.1) is 11.6 Å². The summed E-state index contributed by atoms with van der Waals surface area (Å²) in [7, 11) is 0. The van der Waals surface area contributed by atoms with Crippen molar-refractivity contribution in [2.24, 2.45) is 5.92 Å². The van der Waals surface area contributed by atoms with Crippen LogP contribution in [0.3, 0.4) is 0 Å². The lowest BCUT2D eigenvalue weighted by Crippen LogP contribution is -2.07. The van der Waals surface area contributed by atoms with Gasteiger partial charge in [0, 0.05) is 11.8 Å². The van der Waals surface area contributed by atoms with Gasteiger partial charge in [-0.1, -0.05) is 37.6 Å². The maximum atomic E-state index is 11.3. The normalized spacial score (nSPS) is 15.9. The summed E-state index contributed by atoms with van der Waals surface area (Å²) in [5.74, 6) is 0.726. The summed E-state index contributed by atoms with van der Waals surface area (Å²) in [6.45, 7) is 4.37. The van der Waals surface area contributed by atoms with Crippen molar-refractivity contribution in [3.8, 4) is 11.3 Å². The number of carbonyl (C=O) groups is 1. The molecule has 1 atom stereocenters. The molecule has 1 aliphatic rings. The molecule has 0 bridgehead atoms. The zero-order valence-electron chi connectivity index (χ0n) is 12.7. The summed E-state index contributed by atoms with van der Waals surface area (Å²) < 4.78 is 1.97. The van der Waals surface area contributed by atoms with E-state index in [2.05, 4.69) is 43.2 Å². The number of hydrogen-bond donors (Lipinski definition) is 0. The highest BCUT2D eigenvalue weighted by Gasteiger charge is 2.30. The number of aryl methyl sites for hydroxylation is 1. The Bertz CT molecular complexity index is 623. The first-order valence-electron chi connectivity index (χ1n) is 7.86. The van der Waals surface area contributed by atoms with Gasteiger partial charge in [0.1, 0.15) is 5.69 Å². The van der Waals surface area contributed by atoms with Crippen LogP contribution in [0.5, 0.6) is 0 Å². The van der Waals surface area contributed by atoms with Crippen molar-refractivity contribution in [3.05, 3.63) is 41.6 Å². The largest absolute Gasteiger partial charge is 0.298 e. The van der Waals surface area contributed by atoms with Crippen LogP contribution in [-0.4, -0.2) is 16.1 Å². The molecule has 3 rings (SSSR count). The predicted molar refractivity (Wildman–Crippen MR) is 84.5 cm³/mol. The Hall–Kier alpha value is -1.90. The van der Waals surface area contributed by atoms with Crippen molar-refractivity contribution in [2.45, 2.75) is 45.6 Å². The maximum absolute atomic E-state index is 11.3. The number of aldehydes is 1.